The number of hydrogen-bond donors (Lipinski definition) is 7. The van der Waals surface area contributed by atoms with Crippen molar-refractivity contribution in [2.75, 3.05) is 13.2 Å². The maximum absolute atomic E-state index is 14.5. The number of carbonyl (C=O) groups excluding carboxylic acids is 1. The number of aliphatic hydroxyl groups excluding tert-OH is 7. The summed E-state index contributed by atoms with van der Waals surface area (Å²) in [6, 6.07) is 0. The van der Waals surface area contributed by atoms with E-state index in [1.54, 1.807) is 0 Å². The Morgan fingerprint density at radius 3 is 2.13 bits per heavy atom. The smallest absolute Gasteiger partial charge is 0.314 e. The van der Waals surface area contributed by atoms with Crippen LogP contribution in [0.25, 0.3) is 0 Å². The predicted octanol–water partition coefficient (Wildman–Crippen LogP) is 2.81. The van der Waals surface area contributed by atoms with Crippen molar-refractivity contribution in [1.82, 2.24) is 0 Å². The van der Waals surface area contributed by atoms with Crippen molar-refractivity contribution in [3.63, 3.8) is 0 Å². The Bertz CT molecular complexity index is 1400. The van der Waals surface area contributed by atoms with Gasteiger partial charge in [0.25, 0.3) is 0 Å². The molecule has 2 aliphatic heterocycles. The first-order chi connectivity index (χ1) is 24.8. The van der Waals surface area contributed by atoms with Crippen LogP contribution in [-0.2, 0) is 23.7 Å². The van der Waals surface area contributed by atoms with Gasteiger partial charge in [0, 0.05) is 0 Å². The second-order valence-corrected chi connectivity index (χ2v) is 19.7. The first kappa shape index (κ1) is 40.0. The zero-order valence-corrected chi connectivity index (χ0v) is 32.5. The molecular weight excluding hydrogens is 684 g/mol. The Labute approximate surface area is 314 Å². The third-order valence-corrected chi connectivity index (χ3v) is 17.2. The average molecular weight is 751 g/mol. The molecule has 0 aromatic rings. The third kappa shape index (κ3) is 5.77. The molecule has 19 atom stereocenters. The largest absolute Gasteiger partial charge is 0.432 e. The third-order valence-electron chi connectivity index (χ3n) is 17.2. The minimum atomic E-state index is -1.64. The predicted molar refractivity (Wildman–Crippen MR) is 191 cm³/mol. The van der Waals surface area contributed by atoms with Gasteiger partial charge in [-0.25, -0.2) is 0 Å². The second kappa shape index (κ2) is 13.7. The topological polar surface area (TPSA) is 196 Å². The van der Waals surface area contributed by atoms with Crippen LogP contribution < -0.4 is 0 Å². The number of hydrogen-bond acceptors (Lipinski definition) is 12. The number of allylic oxidation sites excluding steroid dienone is 1. The fourth-order valence-corrected chi connectivity index (χ4v) is 14.2. The molecule has 0 bridgehead atoms. The molecule has 0 aromatic heterocycles. The molecule has 7 rings (SSSR count). The molecule has 302 valence electrons. The molecule has 12 nitrogen and oxygen atoms in total. The highest BCUT2D eigenvalue weighted by molar-refractivity contribution is 5.78. The van der Waals surface area contributed by atoms with Crippen LogP contribution in [0.2, 0.25) is 0 Å². The van der Waals surface area contributed by atoms with Crippen molar-refractivity contribution < 1.29 is 59.5 Å². The van der Waals surface area contributed by atoms with E-state index in [9.17, 15) is 40.5 Å². The van der Waals surface area contributed by atoms with Gasteiger partial charge >= 0.3 is 5.97 Å². The molecule has 7 aliphatic rings. The summed E-state index contributed by atoms with van der Waals surface area (Å²) in [5, 5.41) is 72.3. The van der Waals surface area contributed by atoms with Crippen molar-refractivity contribution >= 4 is 5.97 Å². The van der Waals surface area contributed by atoms with Crippen molar-refractivity contribution in [2.45, 2.75) is 167 Å². The van der Waals surface area contributed by atoms with Gasteiger partial charge in [-0.2, -0.15) is 0 Å². The lowest BCUT2D eigenvalue weighted by Gasteiger charge is -2.73. The Hall–Kier alpha value is -1.19. The molecule has 0 spiro atoms. The summed E-state index contributed by atoms with van der Waals surface area (Å²) in [5.41, 5.74) is 0.00865. The second-order valence-electron chi connectivity index (χ2n) is 19.7. The normalized spacial score (nSPS) is 54.8. The molecule has 5 saturated carbocycles. The fourth-order valence-electron chi connectivity index (χ4n) is 14.2. The summed E-state index contributed by atoms with van der Waals surface area (Å²) in [7, 11) is 0. The molecule has 2 heterocycles. The number of rotatable bonds is 6. The van der Waals surface area contributed by atoms with Crippen LogP contribution >= 0.6 is 0 Å². The number of ether oxygens (including phenoxy) is 4. The zero-order chi connectivity index (χ0) is 38.6. The summed E-state index contributed by atoms with van der Waals surface area (Å²) in [6.45, 7) is 17.9. The summed E-state index contributed by atoms with van der Waals surface area (Å²) < 4.78 is 23.8. The van der Waals surface area contributed by atoms with E-state index in [1.807, 2.05) is 0 Å². The summed E-state index contributed by atoms with van der Waals surface area (Å²) in [4.78, 5) is 14.5. The van der Waals surface area contributed by atoms with E-state index < -0.39 is 73.3 Å². The van der Waals surface area contributed by atoms with Crippen LogP contribution in [0.1, 0.15) is 106 Å². The maximum Gasteiger partial charge on any atom is 0.314 e. The van der Waals surface area contributed by atoms with Gasteiger partial charge in [0.15, 0.2) is 6.29 Å². The van der Waals surface area contributed by atoms with Crippen LogP contribution in [0.15, 0.2) is 12.2 Å². The van der Waals surface area contributed by atoms with E-state index >= 15 is 0 Å². The van der Waals surface area contributed by atoms with E-state index in [1.165, 1.54) is 0 Å². The number of esters is 1. The first-order valence-corrected chi connectivity index (χ1v) is 20.3. The Balaban J connectivity index is 1.14. The van der Waals surface area contributed by atoms with Gasteiger partial charge < -0.3 is 54.7 Å². The molecule has 0 aromatic carbocycles. The van der Waals surface area contributed by atoms with Crippen LogP contribution in [0, 0.1) is 56.7 Å². The molecule has 12 heteroatoms. The summed E-state index contributed by atoms with van der Waals surface area (Å²) in [6.07, 6.45) is -3.62. The van der Waals surface area contributed by atoms with E-state index in [2.05, 4.69) is 48.1 Å². The quantitative estimate of drug-likeness (QED) is 0.119. The van der Waals surface area contributed by atoms with Crippen LogP contribution in [0.5, 0.6) is 0 Å². The van der Waals surface area contributed by atoms with Gasteiger partial charge in [-0.3, -0.25) is 4.79 Å². The molecule has 2 saturated heterocycles. The standard InChI is InChI=1S/C41H66O12/c1-20(2)21-10-15-41(36(49)53-35-33(48)31(46)30(45)24(18-42)51-35)17-16-39(6)22(28(21)41)8-9-26-38(5)13-12-27(37(3,4)25(38)11-14-40(26,39)7)52-34-32(47)29(44)23(43)19-50-34/h21-35,42-48H,1,8-19H2,2-7H3/t21-,22-,23-,24+,25+,26+,27+,28-,29+,30-,31+,32-,33+,34-,35+,38-,39+,40-,41+/m0/s1. The summed E-state index contributed by atoms with van der Waals surface area (Å²) >= 11 is 0. The highest BCUT2D eigenvalue weighted by Gasteiger charge is 2.72. The van der Waals surface area contributed by atoms with Gasteiger partial charge in [-0.15, -0.1) is 0 Å². The Kier molecular flexibility index (Phi) is 10.4. The Morgan fingerprint density at radius 1 is 0.755 bits per heavy atom. The van der Waals surface area contributed by atoms with Gasteiger partial charge in [0.2, 0.25) is 6.29 Å². The SMILES string of the molecule is C=C(C)[C@@H]1CC[C@@]2(C(=O)O[C@H]3O[C@H](CO)[C@H](O)[C@@H](O)[C@H]3O)CC[C@]3(C)[C@@H](CC[C@@H]4[C@@]5(C)CC[C@@H](O[C@@H]6OC[C@H](O)[C@@H](O)[C@@H]6O)C(C)(C)[C@H]5CC[C@@]43C)[C@H]12. The highest BCUT2D eigenvalue weighted by Crippen LogP contribution is 2.77. The Morgan fingerprint density at radius 2 is 1.45 bits per heavy atom. The van der Waals surface area contributed by atoms with Crippen LogP contribution in [0.4, 0.5) is 0 Å². The fraction of sp³-hybridized carbons (Fsp3) is 0.927. The van der Waals surface area contributed by atoms with E-state index in [-0.39, 0.29) is 52.1 Å². The van der Waals surface area contributed by atoms with E-state index in [0.29, 0.717) is 24.7 Å². The lowest BCUT2D eigenvalue weighted by atomic mass is 9.32. The lowest BCUT2D eigenvalue weighted by Crippen LogP contribution is -2.67. The molecule has 5 aliphatic carbocycles. The van der Waals surface area contributed by atoms with Crippen LogP contribution in [-0.4, -0.2) is 116 Å². The molecule has 7 fully saturated rings. The zero-order valence-electron chi connectivity index (χ0n) is 32.5. The monoisotopic (exact) mass is 750 g/mol. The van der Waals surface area contributed by atoms with Gasteiger partial charge in [-0.05, 0) is 122 Å². The minimum absolute atomic E-state index is 0.00339. The number of aliphatic hydroxyl groups is 7. The summed E-state index contributed by atoms with van der Waals surface area (Å²) in [5.74, 6) is 0.739. The molecule has 0 amide bonds. The maximum atomic E-state index is 14.5. The number of fused-ring (bicyclic) bond motifs is 7. The van der Waals surface area contributed by atoms with Gasteiger partial charge in [0.05, 0.1) is 24.7 Å². The van der Waals surface area contributed by atoms with Crippen molar-refractivity contribution in [1.29, 1.82) is 0 Å². The van der Waals surface area contributed by atoms with Gasteiger partial charge in [-0.1, -0.05) is 46.8 Å². The molecule has 7 N–H and O–H groups in total. The van der Waals surface area contributed by atoms with E-state index in [4.69, 9.17) is 18.9 Å². The van der Waals surface area contributed by atoms with E-state index in [0.717, 1.165) is 56.9 Å². The molecule has 0 radical (unpaired) electrons. The minimum Gasteiger partial charge on any atom is -0.432 e. The lowest BCUT2D eigenvalue weighted by molar-refractivity contribution is -0.312. The number of carbonyl (C=O) groups is 1. The van der Waals surface area contributed by atoms with Crippen molar-refractivity contribution in [2.24, 2.45) is 56.7 Å². The van der Waals surface area contributed by atoms with Crippen molar-refractivity contribution in [3.05, 3.63) is 12.2 Å². The van der Waals surface area contributed by atoms with Gasteiger partial charge in [0.1, 0.15) is 42.7 Å². The molecule has 53 heavy (non-hydrogen) atoms. The first-order valence-electron chi connectivity index (χ1n) is 20.3. The highest BCUT2D eigenvalue weighted by atomic mass is 16.7. The molecular formula is C41H66O12. The van der Waals surface area contributed by atoms with Crippen molar-refractivity contribution in [3.8, 4) is 0 Å². The van der Waals surface area contributed by atoms with Crippen LogP contribution in [0.3, 0.4) is 0 Å². The molecule has 0 unspecified atom stereocenters. The average Bonchev–Trinajstić information content (AvgIpc) is 3.51.